The molecule has 0 saturated carbocycles. The van der Waals surface area contributed by atoms with Crippen LogP contribution in [0.4, 0.5) is 0 Å². The number of sulfone groups is 1. The summed E-state index contributed by atoms with van der Waals surface area (Å²) in [5, 5.41) is 3.19. The zero-order valence-corrected chi connectivity index (χ0v) is 13.2. The molecule has 2 rings (SSSR count). The fourth-order valence-electron chi connectivity index (χ4n) is 2.98. The van der Waals surface area contributed by atoms with Crippen LogP contribution in [0.1, 0.15) is 49.8 Å². The number of aryl methyl sites for hydroxylation is 1. The molecule has 4 heteroatoms. The van der Waals surface area contributed by atoms with E-state index in [4.69, 9.17) is 0 Å². The van der Waals surface area contributed by atoms with Crippen molar-refractivity contribution in [2.75, 3.05) is 12.3 Å². The second kappa shape index (κ2) is 6.72. The highest BCUT2D eigenvalue weighted by Gasteiger charge is 2.35. The van der Waals surface area contributed by atoms with E-state index >= 15 is 0 Å². The van der Waals surface area contributed by atoms with E-state index in [1.54, 1.807) is 0 Å². The molecule has 1 aliphatic heterocycles. The number of hydrogen-bond acceptors (Lipinski definition) is 3. The van der Waals surface area contributed by atoms with Crippen LogP contribution in [0.15, 0.2) is 24.3 Å². The second-order valence-electron chi connectivity index (χ2n) is 5.75. The summed E-state index contributed by atoms with van der Waals surface area (Å²) in [5.41, 5.74) is 2.29. The van der Waals surface area contributed by atoms with Gasteiger partial charge in [0.15, 0.2) is 9.84 Å². The van der Waals surface area contributed by atoms with Gasteiger partial charge in [0, 0.05) is 6.04 Å². The molecule has 0 aliphatic carbocycles. The Morgan fingerprint density at radius 1 is 1.35 bits per heavy atom. The Bertz CT molecular complexity index is 539. The van der Waals surface area contributed by atoms with Gasteiger partial charge >= 0.3 is 0 Å². The first kappa shape index (κ1) is 15.5. The molecule has 20 heavy (non-hydrogen) atoms. The normalized spacial score (nSPS) is 23.4. The molecule has 0 aromatic heterocycles. The van der Waals surface area contributed by atoms with E-state index in [1.807, 2.05) is 12.1 Å². The van der Waals surface area contributed by atoms with Gasteiger partial charge < -0.3 is 5.32 Å². The van der Waals surface area contributed by atoms with E-state index in [2.05, 4.69) is 31.3 Å². The summed E-state index contributed by atoms with van der Waals surface area (Å²) in [6.45, 7) is 5.01. The molecule has 112 valence electrons. The van der Waals surface area contributed by atoms with Crippen molar-refractivity contribution in [3.8, 4) is 0 Å². The summed E-state index contributed by atoms with van der Waals surface area (Å²) in [6, 6.07) is 8.15. The summed E-state index contributed by atoms with van der Waals surface area (Å²) in [5.74, 6) is 0.341. The molecule has 2 unspecified atom stereocenters. The van der Waals surface area contributed by atoms with Crippen LogP contribution in [-0.2, 0) is 9.84 Å². The van der Waals surface area contributed by atoms with Crippen LogP contribution in [0.3, 0.4) is 0 Å². The van der Waals surface area contributed by atoms with Gasteiger partial charge in [0.1, 0.15) is 0 Å². The van der Waals surface area contributed by atoms with E-state index in [1.165, 1.54) is 5.56 Å². The van der Waals surface area contributed by atoms with E-state index in [0.717, 1.165) is 37.8 Å². The van der Waals surface area contributed by atoms with Crippen molar-refractivity contribution < 1.29 is 8.42 Å². The third-order valence-corrected chi connectivity index (χ3v) is 6.30. The molecule has 1 N–H and O–H groups in total. The summed E-state index contributed by atoms with van der Waals surface area (Å²) in [4.78, 5) is 0. The van der Waals surface area contributed by atoms with Gasteiger partial charge in [0.25, 0.3) is 0 Å². The zero-order chi connectivity index (χ0) is 14.6. The maximum Gasteiger partial charge on any atom is 0.155 e. The average Bonchev–Trinajstić information content (AvgIpc) is 2.40. The lowest BCUT2D eigenvalue weighted by Gasteiger charge is -2.31. The Labute approximate surface area is 122 Å². The van der Waals surface area contributed by atoms with Gasteiger partial charge in [-0.15, -0.1) is 0 Å². The molecular weight excluding hydrogens is 270 g/mol. The summed E-state index contributed by atoms with van der Waals surface area (Å²) in [7, 11) is -2.98. The van der Waals surface area contributed by atoms with Gasteiger partial charge in [0.05, 0.1) is 11.0 Å². The zero-order valence-electron chi connectivity index (χ0n) is 12.4. The van der Waals surface area contributed by atoms with Crippen molar-refractivity contribution in [2.45, 2.75) is 50.8 Å². The molecule has 2 atom stereocenters. The Morgan fingerprint density at radius 3 is 2.80 bits per heavy atom. The maximum absolute atomic E-state index is 12.4. The number of benzene rings is 1. The van der Waals surface area contributed by atoms with Gasteiger partial charge in [-0.25, -0.2) is 8.42 Å². The first-order valence-corrected chi connectivity index (χ1v) is 9.27. The van der Waals surface area contributed by atoms with Gasteiger partial charge in [-0.1, -0.05) is 43.2 Å². The van der Waals surface area contributed by atoms with Crippen LogP contribution in [0.25, 0.3) is 0 Å². The lowest BCUT2D eigenvalue weighted by atomic mass is 9.98. The van der Waals surface area contributed by atoms with Crippen LogP contribution in [0, 0.1) is 6.92 Å². The SMILES string of the molecule is CCCNC(c1cccc(C)c1)C1CCCCS1(=O)=O. The monoisotopic (exact) mass is 295 g/mol. The van der Waals surface area contributed by atoms with E-state index in [-0.39, 0.29) is 11.3 Å². The summed E-state index contributed by atoms with van der Waals surface area (Å²) < 4.78 is 24.8. The van der Waals surface area contributed by atoms with Crippen molar-refractivity contribution in [1.82, 2.24) is 5.32 Å². The molecular formula is C16H25NO2S. The van der Waals surface area contributed by atoms with Crippen molar-refractivity contribution in [1.29, 1.82) is 0 Å². The van der Waals surface area contributed by atoms with E-state index in [9.17, 15) is 8.42 Å². The van der Waals surface area contributed by atoms with Crippen molar-refractivity contribution >= 4 is 9.84 Å². The number of hydrogen-bond donors (Lipinski definition) is 1. The largest absolute Gasteiger partial charge is 0.309 e. The Kier molecular flexibility index (Phi) is 5.22. The van der Waals surface area contributed by atoms with Crippen LogP contribution in [0.5, 0.6) is 0 Å². The number of rotatable bonds is 5. The molecule has 1 aromatic carbocycles. The molecule has 0 bridgehead atoms. The third-order valence-electron chi connectivity index (χ3n) is 4.02. The van der Waals surface area contributed by atoms with Crippen molar-refractivity contribution in [3.05, 3.63) is 35.4 Å². The quantitative estimate of drug-likeness (QED) is 0.908. The second-order valence-corrected chi connectivity index (χ2v) is 8.09. The Hall–Kier alpha value is -0.870. The number of nitrogens with one attached hydrogen (secondary N) is 1. The summed E-state index contributed by atoms with van der Waals surface area (Å²) in [6.07, 6.45) is 3.61. The minimum atomic E-state index is -2.98. The van der Waals surface area contributed by atoms with Gasteiger partial charge in [-0.2, -0.15) is 0 Å². The fourth-order valence-corrected chi connectivity index (χ4v) is 5.08. The van der Waals surface area contributed by atoms with Gasteiger partial charge in [-0.3, -0.25) is 0 Å². The minimum Gasteiger partial charge on any atom is -0.309 e. The molecule has 1 aromatic rings. The van der Waals surface area contributed by atoms with E-state index in [0.29, 0.717) is 5.75 Å². The minimum absolute atomic E-state index is 0.0693. The molecule has 1 saturated heterocycles. The molecule has 3 nitrogen and oxygen atoms in total. The highest BCUT2D eigenvalue weighted by Crippen LogP contribution is 2.31. The van der Waals surface area contributed by atoms with Gasteiger partial charge in [0.2, 0.25) is 0 Å². The van der Waals surface area contributed by atoms with Crippen LogP contribution < -0.4 is 5.32 Å². The highest BCUT2D eigenvalue weighted by molar-refractivity contribution is 7.92. The molecule has 1 fully saturated rings. The molecule has 0 amide bonds. The molecule has 0 spiro atoms. The fraction of sp³-hybridized carbons (Fsp3) is 0.625. The summed E-state index contributed by atoms with van der Waals surface area (Å²) >= 11 is 0. The lowest BCUT2D eigenvalue weighted by molar-refractivity contribution is 0.446. The lowest BCUT2D eigenvalue weighted by Crippen LogP contribution is -2.40. The van der Waals surface area contributed by atoms with Gasteiger partial charge in [-0.05, 0) is 38.3 Å². The average molecular weight is 295 g/mol. The van der Waals surface area contributed by atoms with Crippen LogP contribution >= 0.6 is 0 Å². The first-order chi connectivity index (χ1) is 9.54. The molecule has 0 radical (unpaired) electrons. The topological polar surface area (TPSA) is 46.2 Å². The molecule has 1 heterocycles. The smallest absolute Gasteiger partial charge is 0.155 e. The first-order valence-electron chi connectivity index (χ1n) is 7.56. The van der Waals surface area contributed by atoms with Crippen LogP contribution in [0.2, 0.25) is 0 Å². The Balaban J connectivity index is 2.31. The Morgan fingerprint density at radius 2 is 2.15 bits per heavy atom. The van der Waals surface area contributed by atoms with E-state index < -0.39 is 9.84 Å². The molecule has 1 aliphatic rings. The standard InChI is InChI=1S/C16H25NO2S/c1-3-10-17-16(14-8-6-7-13(2)12-14)15-9-4-5-11-20(15,18)19/h6-8,12,15-17H,3-5,9-11H2,1-2H3. The predicted octanol–water partition coefficient (Wildman–Crippen LogP) is 3.00. The van der Waals surface area contributed by atoms with Crippen molar-refractivity contribution in [2.24, 2.45) is 0 Å². The maximum atomic E-state index is 12.4. The van der Waals surface area contributed by atoms with Crippen molar-refractivity contribution in [3.63, 3.8) is 0 Å². The predicted molar refractivity (Wildman–Crippen MR) is 83.6 cm³/mol. The van der Waals surface area contributed by atoms with Crippen LogP contribution in [-0.4, -0.2) is 26.0 Å². The third kappa shape index (κ3) is 3.61. The highest BCUT2D eigenvalue weighted by atomic mass is 32.2.